The standard InChI is InChI=1S/C22H24N2O5/c1-2-28-19-10-6-5-9-18(19)22(27)23-13-21(26)29-15-20(25)24-12-11-16-7-3-4-8-17(16)14-24/h3-10H,2,11-15H2,1H3,(H,23,27). The first-order valence-electron chi connectivity index (χ1n) is 9.58. The molecule has 1 heterocycles. The minimum Gasteiger partial charge on any atom is -0.493 e. The van der Waals surface area contributed by atoms with E-state index in [1.165, 1.54) is 5.56 Å². The van der Waals surface area contributed by atoms with Crippen molar-refractivity contribution in [2.75, 3.05) is 26.3 Å². The second-order valence-corrected chi connectivity index (χ2v) is 6.61. The molecule has 2 aromatic rings. The van der Waals surface area contributed by atoms with Gasteiger partial charge in [0.1, 0.15) is 12.3 Å². The first-order valence-corrected chi connectivity index (χ1v) is 9.58. The average Bonchev–Trinajstić information content (AvgIpc) is 2.76. The second-order valence-electron chi connectivity index (χ2n) is 6.61. The quantitative estimate of drug-likeness (QED) is 0.723. The molecule has 0 saturated heterocycles. The third-order valence-electron chi connectivity index (χ3n) is 4.66. The molecule has 29 heavy (non-hydrogen) atoms. The van der Waals surface area contributed by atoms with E-state index >= 15 is 0 Å². The number of benzene rings is 2. The molecule has 1 N–H and O–H groups in total. The number of hydrogen-bond acceptors (Lipinski definition) is 5. The van der Waals surface area contributed by atoms with Gasteiger partial charge in [-0.3, -0.25) is 14.4 Å². The summed E-state index contributed by atoms with van der Waals surface area (Å²) < 4.78 is 10.4. The summed E-state index contributed by atoms with van der Waals surface area (Å²) in [5.41, 5.74) is 2.69. The van der Waals surface area contributed by atoms with E-state index in [0.717, 1.165) is 12.0 Å². The summed E-state index contributed by atoms with van der Waals surface area (Å²) in [5.74, 6) is -0.912. The van der Waals surface area contributed by atoms with Crippen LogP contribution in [0, 0.1) is 0 Å². The molecule has 0 aliphatic carbocycles. The Hall–Kier alpha value is -3.35. The van der Waals surface area contributed by atoms with Gasteiger partial charge in [0, 0.05) is 13.1 Å². The fourth-order valence-corrected chi connectivity index (χ4v) is 3.18. The molecular formula is C22H24N2O5. The van der Waals surface area contributed by atoms with Crippen LogP contribution in [0.5, 0.6) is 5.75 Å². The van der Waals surface area contributed by atoms with Crippen LogP contribution in [0.25, 0.3) is 0 Å². The maximum absolute atomic E-state index is 12.3. The van der Waals surface area contributed by atoms with Gasteiger partial charge in [-0.1, -0.05) is 36.4 Å². The van der Waals surface area contributed by atoms with E-state index in [2.05, 4.69) is 11.4 Å². The van der Waals surface area contributed by atoms with Gasteiger partial charge in [0.15, 0.2) is 6.61 Å². The van der Waals surface area contributed by atoms with Crippen LogP contribution in [-0.2, 0) is 27.3 Å². The number of esters is 1. The highest BCUT2D eigenvalue weighted by Gasteiger charge is 2.21. The Morgan fingerprint density at radius 3 is 2.55 bits per heavy atom. The molecule has 0 spiro atoms. The lowest BCUT2D eigenvalue weighted by Gasteiger charge is -2.28. The number of nitrogens with zero attached hydrogens (tertiary/aromatic N) is 1. The second kappa shape index (κ2) is 9.73. The third kappa shape index (κ3) is 5.34. The summed E-state index contributed by atoms with van der Waals surface area (Å²) >= 11 is 0. The normalized spacial score (nSPS) is 12.7. The largest absolute Gasteiger partial charge is 0.493 e. The van der Waals surface area contributed by atoms with E-state index in [0.29, 0.717) is 31.0 Å². The van der Waals surface area contributed by atoms with E-state index in [1.54, 1.807) is 29.2 Å². The lowest BCUT2D eigenvalue weighted by Crippen LogP contribution is -2.39. The molecule has 7 heteroatoms. The molecule has 0 fully saturated rings. The van der Waals surface area contributed by atoms with Gasteiger partial charge >= 0.3 is 5.97 Å². The van der Waals surface area contributed by atoms with Crippen LogP contribution in [0.15, 0.2) is 48.5 Å². The van der Waals surface area contributed by atoms with E-state index in [1.807, 2.05) is 25.1 Å². The van der Waals surface area contributed by atoms with Crippen molar-refractivity contribution < 1.29 is 23.9 Å². The Labute approximate surface area is 169 Å². The zero-order valence-electron chi connectivity index (χ0n) is 16.3. The molecule has 0 saturated carbocycles. The monoisotopic (exact) mass is 396 g/mol. The van der Waals surface area contributed by atoms with E-state index in [-0.39, 0.29) is 19.1 Å². The Bertz CT molecular complexity index is 896. The number of carbonyl (C=O) groups excluding carboxylic acids is 3. The Balaban J connectivity index is 1.44. The van der Waals surface area contributed by atoms with E-state index in [4.69, 9.17) is 9.47 Å². The number of carbonyl (C=O) groups is 3. The molecule has 152 valence electrons. The van der Waals surface area contributed by atoms with Gasteiger partial charge in [-0.2, -0.15) is 0 Å². The molecule has 0 atom stereocenters. The summed E-state index contributed by atoms with van der Waals surface area (Å²) in [6.45, 7) is 2.69. The fourth-order valence-electron chi connectivity index (χ4n) is 3.18. The van der Waals surface area contributed by atoms with E-state index < -0.39 is 11.9 Å². The van der Waals surface area contributed by atoms with Crippen molar-refractivity contribution in [3.63, 3.8) is 0 Å². The molecular weight excluding hydrogens is 372 g/mol. The number of ether oxygens (including phenoxy) is 2. The molecule has 1 aliphatic rings. The molecule has 0 unspecified atom stereocenters. The molecule has 2 amide bonds. The van der Waals surface area contributed by atoms with Gasteiger partial charge in [-0.15, -0.1) is 0 Å². The minimum absolute atomic E-state index is 0.249. The van der Waals surface area contributed by atoms with Crippen LogP contribution in [0.4, 0.5) is 0 Å². The zero-order chi connectivity index (χ0) is 20.6. The number of rotatable bonds is 7. The van der Waals surface area contributed by atoms with Crippen molar-refractivity contribution in [1.82, 2.24) is 10.2 Å². The minimum atomic E-state index is -0.669. The lowest BCUT2D eigenvalue weighted by molar-refractivity contribution is -0.151. The van der Waals surface area contributed by atoms with Gasteiger partial charge < -0.3 is 19.7 Å². The number of para-hydroxylation sites is 1. The lowest BCUT2D eigenvalue weighted by atomic mass is 10.00. The highest BCUT2D eigenvalue weighted by molar-refractivity contribution is 5.98. The Morgan fingerprint density at radius 2 is 1.76 bits per heavy atom. The van der Waals surface area contributed by atoms with Crippen LogP contribution in [0.3, 0.4) is 0 Å². The number of amides is 2. The van der Waals surface area contributed by atoms with Crippen LogP contribution in [0.2, 0.25) is 0 Å². The first-order chi connectivity index (χ1) is 14.1. The van der Waals surface area contributed by atoms with Gasteiger partial charge in [0.05, 0.1) is 12.2 Å². The van der Waals surface area contributed by atoms with Crippen molar-refractivity contribution in [1.29, 1.82) is 0 Å². The Kier molecular flexibility index (Phi) is 6.84. The van der Waals surface area contributed by atoms with Gasteiger partial charge in [0.25, 0.3) is 11.8 Å². The molecule has 1 aliphatic heterocycles. The smallest absolute Gasteiger partial charge is 0.325 e. The van der Waals surface area contributed by atoms with Crippen molar-refractivity contribution in [3.05, 3.63) is 65.2 Å². The zero-order valence-corrected chi connectivity index (χ0v) is 16.3. The van der Waals surface area contributed by atoms with E-state index in [9.17, 15) is 14.4 Å². The van der Waals surface area contributed by atoms with Gasteiger partial charge in [-0.05, 0) is 36.6 Å². The number of fused-ring (bicyclic) bond motifs is 1. The third-order valence-corrected chi connectivity index (χ3v) is 4.66. The molecule has 0 radical (unpaired) electrons. The number of nitrogens with one attached hydrogen (secondary N) is 1. The maximum Gasteiger partial charge on any atom is 0.325 e. The van der Waals surface area contributed by atoms with Crippen LogP contribution < -0.4 is 10.1 Å². The summed E-state index contributed by atoms with van der Waals surface area (Å²) in [6.07, 6.45) is 0.783. The summed E-state index contributed by atoms with van der Waals surface area (Å²) in [6, 6.07) is 14.8. The topological polar surface area (TPSA) is 84.9 Å². The predicted molar refractivity (Wildman–Crippen MR) is 106 cm³/mol. The summed E-state index contributed by atoms with van der Waals surface area (Å²) in [7, 11) is 0. The van der Waals surface area contributed by atoms with Crippen molar-refractivity contribution in [3.8, 4) is 5.75 Å². The predicted octanol–water partition coefficient (Wildman–Crippen LogP) is 1.94. The fraction of sp³-hybridized carbons (Fsp3) is 0.318. The highest BCUT2D eigenvalue weighted by Crippen LogP contribution is 2.19. The molecule has 0 aromatic heterocycles. The molecule has 3 rings (SSSR count). The van der Waals surface area contributed by atoms with Crippen molar-refractivity contribution in [2.24, 2.45) is 0 Å². The van der Waals surface area contributed by atoms with Crippen LogP contribution >= 0.6 is 0 Å². The van der Waals surface area contributed by atoms with Crippen LogP contribution in [-0.4, -0.2) is 49.0 Å². The van der Waals surface area contributed by atoms with Gasteiger partial charge in [-0.25, -0.2) is 0 Å². The summed E-state index contributed by atoms with van der Waals surface area (Å²) in [4.78, 5) is 38.2. The molecule has 7 nitrogen and oxygen atoms in total. The molecule has 0 bridgehead atoms. The Morgan fingerprint density at radius 1 is 1.03 bits per heavy atom. The number of hydrogen-bond donors (Lipinski definition) is 1. The van der Waals surface area contributed by atoms with Crippen molar-refractivity contribution >= 4 is 17.8 Å². The SMILES string of the molecule is CCOc1ccccc1C(=O)NCC(=O)OCC(=O)N1CCc2ccccc2C1. The van der Waals surface area contributed by atoms with Crippen molar-refractivity contribution in [2.45, 2.75) is 19.9 Å². The van der Waals surface area contributed by atoms with Crippen LogP contribution in [0.1, 0.15) is 28.4 Å². The summed E-state index contributed by atoms with van der Waals surface area (Å²) in [5, 5.41) is 2.50. The average molecular weight is 396 g/mol. The van der Waals surface area contributed by atoms with Gasteiger partial charge in [0.2, 0.25) is 0 Å². The maximum atomic E-state index is 12.3. The first kappa shape index (κ1) is 20.4. The molecule has 2 aromatic carbocycles. The highest BCUT2D eigenvalue weighted by atomic mass is 16.5.